The Bertz CT molecular complexity index is 1180. The van der Waals surface area contributed by atoms with Gasteiger partial charge in [0, 0.05) is 12.7 Å². The van der Waals surface area contributed by atoms with Crippen LogP contribution in [0.2, 0.25) is 0 Å². The average Bonchev–Trinajstić information content (AvgIpc) is 3.13. The lowest BCUT2D eigenvalue weighted by Gasteiger charge is -2.21. The van der Waals surface area contributed by atoms with Gasteiger partial charge in [0.25, 0.3) is 0 Å². The summed E-state index contributed by atoms with van der Waals surface area (Å²) in [7, 11) is 0. The van der Waals surface area contributed by atoms with Crippen LogP contribution in [0.1, 0.15) is 67.1 Å². The number of rotatable bonds is 8. The van der Waals surface area contributed by atoms with Crippen LogP contribution in [0.15, 0.2) is 65.6 Å². The highest BCUT2D eigenvalue weighted by atomic mass is 16.4. The van der Waals surface area contributed by atoms with Gasteiger partial charge >= 0.3 is 11.7 Å². The Hall–Kier alpha value is -3.34. The van der Waals surface area contributed by atoms with Crippen molar-refractivity contribution in [2.75, 3.05) is 0 Å². The molecule has 0 aliphatic heterocycles. The van der Waals surface area contributed by atoms with Gasteiger partial charge in [0.05, 0.1) is 17.8 Å². The first kappa shape index (κ1) is 22.8. The van der Waals surface area contributed by atoms with Crippen molar-refractivity contribution in [2.45, 2.75) is 58.5 Å². The van der Waals surface area contributed by atoms with E-state index in [1.165, 1.54) is 32.1 Å². The van der Waals surface area contributed by atoms with E-state index in [4.69, 9.17) is 0 Å². The van der Waals surface area contributed by atoms with Gasteiger partial charge in [-0.25, -0.2) is 9.59 Å². The molecule has 0 saturated heterocycles. The van der Waals surface area contributed by atoms with E-state index < -0.39 is 5.97 Å². The van der Waals surface area contributed by atoms with Gasteiger partial charge in [0.1, 0.15) is 0 Å². The Morgan fingerprint density at radius 2 is 1.79 bits per heavy atom. The van der Waals surface area contributed by atoms with E-state index >= 15 is 0 Å². The summed E-state index contributed by atoms with van der Waals surface area (Å²) in [5, 5.41) is 9.48. The summed E-state index contributed by atoms with van der Waals surface area (Å²) < 4.78 is 3.73. The molecule has 0 spiro atoms. The minimum absolute atomic E-state index is 0.0385. The normalized spacial score (nSPS) is 14.7. The quantitative estimate of drug-likeness (QED) is 0.459. The van der Waals surface area contributed by atoms with Crippen molar-refractivity contribution in [1.82, 2.24) is 9.13 Å². The summed E-state index contributed by atoms with van der Waals surface area (Å²) >= 11 is 0. The topological polar surface area (TPSA) is 64.2 Å². The number of allylic oxidation sites excluding steroid dienone is 1. The van der Waals surface area contributed by atoms with Gasteiger partial charge in [-0.05, 0) is 54.0 Å². The van der Waals surface area contributed by atoms with Crippen LogP contribution in [0.3, 0.4) is 0 Å². The molecule has 1 aliphatic rings. The van der Waals surface area contributed by atoms with Crippen molar-refractivity contribution < 1.29 is 9.90 Å². The van der Waals surface area contributed by atoms with Crippen LogP contribution in [-0.2, 0) is 13.1 Å². The second-order valence-corrected chi connectivity index (χ2v) is 8.94. The number of carboxylic acid groups (broad SMARTS) is 1. The summed E-state index contributed by atoms with van der Waals surface area (Å²) in [6.45, 7) is 3.37. The zero-order chi connectivity index (χ0) is 23.2. The number of benzene rings is 2. The molecule has 33 heavy (non-hydrogen) atoms. The fourth-order valence-corrected chi connectivity index (χ4v) is 4.75. The molecule has 3 aromatic rings. The maximum Gasteiger partial charge on any atom is 0.336 e. The van der Waals surface area contributed by atoms with E-state index in [1.54, 1.807) is 12.1 Å². The molecular weight excluding hydrogens is 412 g/mol. The van der Waals surface area contributed by atoms with Crippen molar-refractivity contribution in [3.63, 3.8) is 0 Å². The maximum atomic E-state index is 13.3. The van der Waals surface area contributed by atoms with Crippen LogP contribution in [0.5, 0.6) is 0 Å². The second kappa shape index (κ2) is 10.5. The van der Waals surface area contributed by atoms with Gasteiger partial charge < -0.3 is 5.11 Å². The second-order valence-electron chi connectivity index (χ2n) is 8.94. The summed E-state index contributed by atoms with van der Waals surface area (Å²) in [6.07, 6.45) is 13.3. The first-order valence-corrected chi connectivity index (χ1v) is 11.9. The predicted octanol–water partition coefficient (Wildman–Crippen LogP) is 6.07. The molecule has 1 fully saturated rings. The SMILES string of the molecule is CC/C=C/c1cn(CC2CCCCC2)c(=O)n1Cc1ccc(-c2ccccc2C(=O)O)cc1. The Morgan fingerprint density at radius 3 is 2.48 bits per heavy atom. The monoisotopic (exact) mass is 444 g/mol. The fraction of sp³-hybridized carbons (Fsp3) is 0.357. The van der Waals surface area contributed by atoms with Crippen molar-refractivity contribution in [3.05, 3.63) is 88.1 Å². The molecule has 1 saturated carbocycles. The standard InChI is InChI=1S/C28H32N2O3/c1-2-3-11-24-20-29(18-21-9-5-4-6-10-21)28(33)30(24)19-22-14-16-23(17-15-22)25-12-7-8-13-26(25)27(31)32/h3,7-8,11-17,20-21H,2,4-6,9-10,18-19H2,1H3,(H,31,32)/b11-3+. The van der Waals surface area contributed by atoms with E-state index in [2.05, 4.69) is 13.0 Å². The number of aromatic nitrogens is 2. The summed E-state index contributed by atoms with van der Waals surface area (Å²) in [5.74, 6) is -0.350. The molecule has 0 atom stereocenters. The molecule has 0 bridgehead atoms. The Morgan fingerprint density at radius 1 is 1.06 bits per heavy atom. The van der Waals surface area contributed by atoms with Crippen LogP contribution in [0.4, 0.5) is 0 Å². The van der Waals surface area contributed by atoms with E-state index in [-0.39, 0.29) is 11.3 Å². The molecule has 0 unspecified atom stereocenters. The van der Waals surface area contributed by atoms with Crippen LogP contribution in [0.25, 0.3) is 17.2 Å². The summed E-state index contributed by atoms with van der Waals surface area (Å²) in [6, 6.07) is 14.8. The number of carbonyl (C=O) groups is 1. The number of aromatic carboxylic acids is 1. The minimum atomic E-state index is -0.937. The Balaban J connectivity index is 1.59. The zero-order valence-electron chi connectivity index (χ0n) is 19.2. The number of hydrogen-bond acceptors (Lipinski definition) is 2. The lowest BCUT2D eigenvalue weighted by atomic mass is 9.89. The maximum absolute atomic E-state index is 13.3. The molecule has 1 heterocycles. The van der Waals surface area contributed by atoms with Gasteiger partial charge in [-0.3, -0.25) is 9.13 Å². The van der Waals surface area contributed by atoms with Crippen LogP contribution in [-0.4, -0.2) is 20.2 Å². The Labute approximate surface area is 195 Å². The number of nitrogens with zero attached hydrogens (tertiary/aromatic N) is 2. The van der Waals surface area contributed by atoms with Crippen LogP contribution < -0.4 is 5.69 Å². The molecule has 5 nitrogen and oxygen atoms in total. The van der Waals surface area contributed by atoms with Gasteiger partial charge in [-0.2, -0.15) is 0 Å². The van der Waals surface area contributed by atoms with E-state index in [1.807, 2.05) is 57.8 Å². The smallest absolute Gasteiger partial charge is 0.336 e. The van der Waals surface area contributed by atoms with Crippen molar-refractivity contribution in [1.29, 1.82) is 0 Å². The van der Waals surface area contributed by atoms with Crippen molar-refractivity contribution in [3.8, 4) is 11.1 Å². The number of imidazole rings is 1. The first-order chi connectivity index (χ1) is 16.1. The Kier molecular flexibility index (Phi) is 7.28. The third kappa shape index (κ3) is 5.36. The van der Waals surface area contributed by atoms with Gasteiger partial charge in [0.15, 0.2) is 0 Å². The predicted molar refractivity (Wildman–Crippen MR) is 133 cm³/mol. The molecule has 1 N–H and O–H groups in total. The van der Waals surface area contributed by atoms with Crippen LogP contribution >= 0.6 is 0 Å². The molecule has 1 aliphatic carbocycles. The highest BCUT2D eigenvalue weighted by Crippen LogP contribution is 2.26. The molecule has 0 radical (unpaired) electrons. The molecule has 172 valence electrons. The molecular formula is C28H32N2O3. The lowest BCUT2D eigenvalue weighted by Crippen LogP contribution is -2.28. The van der Waals surface area contributed by atoms with Crippen molar-refractivity contribution in [2.24, 2.45) is 5.92 Å². The van der Waals surface area contributed by atoms with Gasteiger partial charge in [-0.1, -0.05) is 74.7 Å². The average molecular weight is 445 g/mol. The van der Waals surface area contributed by atoms with Crippen LogP contribution in [0, 0.1) is 5.92 Å². The molecule has 4 rings (SSSR count). The van der Waals surface area contributed by atoms with Gasteiger partial charge in [0.2, 0.25) is 0 Å². The number of carboxylic acids is 1. The largest absolute Gasteiger partial charge is 0.478 e. The summed E-state index contributed by atoms with van der Waals surface area (Å²) in [5.41, 5.74) is 3.81. The summed E-state index contributed by atoms with van der Waals surface area (Å²) in [4.78, 5) is 24.8. The molecule has 2 aromatic carbocycles. The highest BCUT2D eigenvalue weighted by Gasteiger charge is 2.17. The minimum Gasteiger partial charge on any atom is -0.478 e. The first-order valence-electron chi connectivity index (χ1n) is 11.9. The molecule has 5 heteroatoms. The van der Waals surface area contributed by atoms with Crippen molar-refractivity contribution >= 4 is 12.0 Å². The fourth-order valence-electron chi connectivity index (χ4n) is 4.75. The number of hydrogen-bond donors (Lipinski definition) is 1. The molecule has 1 aromatic heterocycles. The van der Waals surface area contributed by atoms with E-state index in [9.17, 15) is 14.7 Å². The van der Waals surface area contributed by atoms with E-state index in [0.29, 0.717) is 18.0 Å². The lowest BCUT2D eigenvalue weighted by molar-refractivity contribution is 0.0697. The van der Waals surface area contributed by atoms with Gasteiger partial charge in [-0.15, -0.1) is 0 Å². The third-order valence-corrected chi connectivity index (χ3v) is 6.54. The molecule has 0 amide bonds. The van der Waals surface area contributed by atoms with E-state index in [0.717, 1.165) is 29.8 Å². The zero-order valence-corrected chi connectivity index (χ0v) is 19.2. The third-order valence-electron chi connectivity index (χ3n) is 6.54. The highest BCUT2D eigenvalue weighted by molar-refractivity contribution is 5.95.